The lowest BCUT2D eigenvalue weighted by Crippen LogP contribution is -2.44. The maximum Gasteiger partial charge on any atom is 0.401 e. The van der Waals surface area contributed by atoms with Crippen LogP contribution in [-0.4, -0.2) is 43.7 Å². The van der Waals surface area contributed by atoms with Crippen LogP contribution in [0.1, 0.15) is 6.92 Å². The summed E-state index contributed by atoms with van der Waals surface area (Å²) in [5.41, 5.74) is 0. The second-order valence-corrected chi connectivity index (χ2v) is 2.95. The Labute approximate surface area is 74.9 Å². The minimum atomic E-state index is -4.28. The predicted molar refractivity (Wildman–Crippen MR) is 42.2 cm³/mol. The Morgan fingerprint density at radius 2 is 1.92 bits per heavy atom. The van der Waals surface area contributed by atoms with E-state index in [1.165, 1.54) is 25.9 Å². The molecule has 0 radical (unpaired) electrons. The summed E-state index contributed by atoms with van der Waals surface area (Å²) in [6.07, 6.45) is -4.28. The number of alkyl halides is 3. The van der Waals surface area contributed by atoms with Crippen LogP contribution in [0.3, 0.4) is 0 Å². The second kappa shape index (κ2) is 4.45. The normalized spacial score (nSPS) is 14.0. The Morgan fingerprint density at radius 1 is 1.46 bits per heavy atom. The monoisotopic (exact) mass is 198 g/mol. The number of halogens is 3. The number of nitrogens with zero attached hydrogens (tertiary/aromatic N) is 1. The summed E-state index contributed by atoms with van der Waals surface area (Å²) in [5, 5.41) is 2.09. The summed E-state index contributed by atoms with van der Waals surface area (Å²) in [6.45, 7) is 0.252. The highest BCUT2D eigenvalue weighted by Gasteiger charge is 2.28. The van der Waals surface area contributed by atoms with Gasteiger partial charge in [0.25, 0.3) is 0 Å². The van der Waals surface area contributed by atoms with Crippen molar-refractivity contribution >= 4 is 5.91 Å². The average molecular weight is 198 g/mol. The van der Waals surface area contributed by atoms with E-state index in [0.717, 1.165) is 0 Å². The summed E-state index contributed by atoms with van der Waals surface area (Å²) in [6, 6.07) is -0.809. The fourth-order valence-corrected chi connectivity index (χ4v) is 0.743. The van der Waals surface area contributed by atoms with Gasteiger partial charge in [-0.15, -0.1) is 0 Å². The van der Waals surface area contributed by atoms with Crippen LogP contribution in [0.15, 0.2) is 0 Å². The molecule has 6 heteroatoms. The zero-order valence-corrected chi connectivity index (χ0v) is 7.77. The van der Waals surface area contributed by atoms with Crippen LogP contribution < -0.4 is 5.32 Å². The van der Waals surface area contributed by atoms with E-state index in [9.17, 15) is 18.0 Å². The molecule has 0 saturated heterocycles. The molecule has 0 aliphatic carbocycles. The third-order valence-electron chi connectivity index (χ3n) is 1.42. The highest BCUT2D eigenvalue weighted by molar-refractivity contribution is 5.80. The Hall–Kier alpha value is -0.780. The summed E-state index contributed by atoms with van der Waals surface area (Å²) in [7, 11) is 2.99. The standard InChI is InChI=1S/C7H13F3N2O/c1-5(6(13)12(2)3)11-4-7(8,9)10/h5,11H,4H2,1-3H3. The summed E-state index contributed by atoms with van der Waals surface area (Å²) < 4.78 is 35.1. The van der Waals surface area contributed by atoms with Crippen molar-refractivity contribution in [3.63, 3.8) is 0 Å². The molecule has 1 unspecified atom stereocenters. The lowest BCUT2D eigenvalue weighted by atomic mass is 10.3. The zero-order valence-electron chi connectivity index (χ0n) is 7.77. The van der Waals surface area contributed by atoms with Gasteiger partial charge in [0.1, 0.15) is 0 Å². The lowest BCUT2D eigenvalue weighted by molar-refractivity contribution is -0.136. The first-order valence-electron chi connectivity index (χ1n) is 3.75. The molecule has 78 valence electrons. The third kappa shape index (κ3) is 5.46. The number of hydrogen-bond acceptors (Lipinski definition) is 2. The number of likely N-dealkylation sites (N-methyl/N-ethyl adjacent to an activating group) is 1. The van der Waals surface area contributed by atoms with E-state index in [1.54, 1.807) is 0 Å². The molecule has 1 amide bonds. The van der Waals surface area contributed by atoms with Crippen molar-refractivity contribution < 1.29 is 18.0 Å². The van der Waals surface area contributed by atoms with Crippen LogP contribution in [0.5, 0.6) is 0 Å². The van der Waals surface area contributed by atoms with E-state index in [2.05, 4.69) is 5.32 Å². The summed E-state index contributed by atoms with van der Waals surface area (Å²) in [4.78, 5) is 12.3. The minimum absolute atomic E-state index is 0.371. The van der Waals surface area contributed by atoms with Gasteiger partial charge in [0.15, 0.2) is 0 Å². The fourth-order valence-electron chi connectivity index (χ4n) is 0.743. The summed E-state index contributed by atoms with van der Waals surface area (Å²) in [5.74, 6) is -0.371. The first-order valence-corrected chi connectivity index (χ1v) is 3.75. The van der Waals surface area contributed by atoms with Crippen molar-refractivity contribution in [1.82, 2.24) is 10.2 Å². The number of carbonyl (C=O) groups is 1. The van der Waals surface area contributed by atoms with Crippen LogP contribution in [0.4, 0.5) is 13.2 Å². The Balaban J connectivity index is 3.88. The SMILES string of the molecule is CC(NCC(F)(F)F)C(=O)N(C)C. The molecule has 0 aromatic heterocycles. The van der Waals surface area contributed by atoms with Gasteiger partial charge in [-0.3, -0.25) is 10.1 Å². The van der Waals surface area contributed by atoms with Gasteiger partial charge in [-0.2, -0.15) is 13.2 Å². The maximum atomic E-state index is 11.7. The maximum absolute atomic E-state index is 11.7. The molecule has 1 N–H and O–H groups in total. The molecule has 0 aromatic carbocycles. The van der Waals surface area contributed by atoms with Crippen LogP contribution in [0, 0.1) is 0 Å². The molecule has 0 aliphatic heterocycles. The number of nitrogens with one attached hydrogen (secondary N) is 1. The smallest absolute Gasteiger partial charge is 0.347 e. The molecular formula is C7H13F3N2O. The molecule has 0 fully saturated rings. The highest BCUT2D eigenvalue weighted by Crippen LogP contribution is 2.12. The molecule has 0 aliphatic rings. The molecule has 0 saturated carbocycles. The fraction of sp³-hybridized carbons (Fsp3) is 0.857. The number of hydrogen-bond donors (Lipinski definition) is 1. The number of carbonyl (C=O) groups excluding carboxylic acids is 1. The van der Waals surface area contributed by atoms with Crippen LogP contribution in [0.25, 0.3) is 0 Å². The Morgan fingerprint density at radius 3 is 2.23 bits per heavy atom. The van der Waals surface area contributed by atoms with Crippen LogP contribution in [-0.2, 0) is 4.79 Å². The van der Waals surface area contributed by atoms with Gasteiger partial charge in [0.05, 0.1) is 12.6 Å². The topological polar surface area (TPSA) is 32.3 Å². The molecule has 1 atom stereocenters. The molecule has 3 nitrogen and oxygen atoms in total. The van der Waals surface area contributed by atoms with Crippen molar-refractivity contribution in [3.8, 4) is 0 Å². The van der Waals surface area contributed by atoms with E-state index < -0.39 is 18.8 Å². The van der Waals surface area contributed by atoms with Crippen LogP contribution in [0.2, 0.25) is 0 Å². The minimum Gasteiger partial charge on any atom is -0.347 e. The van der Waals surface area contributed by atoms with Gasteiger partial charge in [-0.1, -0.05) is 0 Å². The van der Waals surface area contributed by atoms with Gasteiger partial charge in [0.2, 0.25) is 5.91 Å². The van der Waals surface area contributed by atoms with Crippen molar-refractivity contribution in [2.75, 3.05) is 20.6 Å². The summed E-state index contributed by atoms with van der Waals surface area (Å²) >= 11 is 0. The highest BCUT2D eigenvalue weighted by atomic mass is 19.4. The van der Waals surface area contributed by atoms with E-state index in [4.69, 9.17) is 0 Å². The van der Waals surface area contributed by atoms with Crippen molar-refractivity contribution in [3.05, 3.63) is 0 Å². The predicted octanol–water partition coefficient (Wildman–Crippen LogP) is 0.615. The van der Waals surface area contributed by atoms with Gasteiger partial charge in [0, 0.05) is 14.1 Å². The third-order valence-corrected chi connectivity index (χ3v) is 1.42. The van der Waals surface area contributed by atoms with Crippen molar-refractivity contribution in [2.24, 2.45) is 0 Å². The second-order valence-electron chi connectivity index (χ2n) is 2.95. The van der Waals surface area contributed by atoms with E-state index in [0.29, 0.717) is 0 Å². The molecule has 0 bridgehead atoms. The average Bonchev–Trinajstić information content (AvgIpc) is 1.97. The first-order chi connectivity index (χ1) is 5.74. The molecule has 0 spiro atoms. The Bertz CT molecular complexity index is 179. The van der Waals surface area contributed by atoms with E-state index in [1.807, 2.05) is 0 Å². The largest absolute Gasteiger partial charge is 0.401 e. The molecule has 0 rings (SSSR count). The Kier molecular flexibility index (Phi) is 4.19. The van der Waals surface area contributed by atoms with Crippen molar-refractivity contribution in [2.45, 2.75) is 19.1 Å². The number of rotatable bonds is 3. The number of amides is 1. The van der Waals surface area contributed by atoms with Crippen LogP contribution >= 0.6 is 0 Å². The van der Waals surface area contributed by atoms with Gasteiger partial charge in [-0.05, 0) is 6.92 Å². The van der Waals surface area contributed by atoms with Gasteiger partial charge in [-0.25, -0.2) is 0 Å². The first kappa shape index (κ1) is 12.2. The molecule has 0 aromatic rings. The molecule has 0 heterocycles. The van der Waals surface area contributed by atoms with E-state index in [-0.39, 0.29) is 5.91 Å². The molecular weight excluding hydrogens is 185 g/mol. The van der Waals surface area contributed by atoms with Gasteiger partial charge >= 0.3 is 6.18 Å². The van der Waals surface area contributed by atoms with E-state index >= 15 is 0 Å². The lowest BCUT2D eigenvalue weighted by Gasteiger charge is -2.18. The molecule has 13 heavy (non-hydrogen) atoms. The van der Waals surface area contributed by atoms with Gasteiger partial charge < -0.3 is 4.90 Å². The zero-order chi connectivity index (χ0) is 10.6. The quantitative estimate of drug-likeness (QED) is 0.720. The van der Waals surface area contributed by atoms with Crippen molar-refractivity contribution in [1.29, 1.82) is 0 Å².